The predicted molar refractivity (Wildman–Crippen MR) is 71.7 cm³/mol. The van der Waals surface area contributed by atoms with Crippen LogP contribution in [0, 0.1) is 0 Å². The molecule has 0 saturated carbocycles. The average molecular weight is 288 g/mol. The normalized spacial score (nSPS) is 10.6. The Morgan fingerprint density at radius 2 is 1.88 bits per heavy atom. The molecule has 0 N–H and O–H groups in total. The monoisotopic (exact) mass is 287 g/mol. The van der Waals surface area contributed by atoms with Crippen LogP contribution in [0.4, 0.5) is 0 Å². The Labute approximate surface area is 108 Å². The molecule has 1 aromatic carbocycles. The number of pyridine rings is 1. The molecule has 17 heavy (non-hydrogen) atoms. The van der Waals surface area contributed by atoms with Gasteiger partial charge in [-0.2, -0.15) is 0 Å². The van der Waals surface area contributed by atoms with E-state index in [1.165, 1.54) is 6.08 Å². The molecule has 0 unspecified atom stereocenters. The van der Waals surface area contributed by atoms with Crippen molar-refractivity contribution >= 4 is 27.8 Å². The second-order valence-corrected chi connectivity index (χ2v) is 4.38. The number of benzene rings is 1. The van der Waals surface area contributed by atoms with Gasteiger partial charge in [-0.3, -0.25) is 9.78 Å². The first-order valence-corrected chi connectivity index (χ1v) is 5.94. The minimum Gasteiger partial charge on any atom is -0.288 e. The highest BCUT2D eigenvalue weighted by atomic mass is 79.9. The predicted octanol–water partition coefficient (Wildman–Crippen LogP) is 3.74. The lowest BCUT2D eigenvalue weighted by Crippen LogP contribution is -1.96. The maximum absolute atomic E-state index is 11.7. The number of hydrogen-bond acceptors (Lipinski definition) is 2. The lowest BCUT2D eigenvalue weighted by molar-refractivity contribution is 0.104. The molecule has 84 valence electrons. The summed E-state index contributed by atoms with van der Waals surface area (Å²) in [5.41, 5.74) is 1.44. The summed E-state index contributed by atoms with van der Waals surface area (Å²) in [6, 6.07) is 13.0. The summed E-state index contributed by atoms with van der Waals surface area (Å²) in [6.07, 6.45) is 4.93. The molecule has 0 atom stereocenters. The zero-order valence-corrected chi connectivity index (χ0v) is 10.6. The first kappa shape index (κ1) is 11.7. The summed E-state index contributed by atoms with van der Waals surface area (Å²) in [6.45, 7) is 0. The average Bonchev–Trinajstić information content (AvgIpc) is 2.39. The standard InChI is InChI=1S/C14H10BrNO/c15-12-7-4-11(5-8-12)6-9-14(17)13-3-1-2-10-16-13/h1-10H. The molecule has 3 heteroatoms. The minimum absolute atomic E-state index is 0.0893. The van der Waals surface area contributed by atoms with Crippen LogP contribution in [0.5, 0.6) is 0 Å². The number of nitrogens with zero attached hydrogens (tertiary/aromatic N) is 1. The lowest BCUT2D eigenvalue weighted by Gasteiger charge is -1.95. The van der Waals surface area contributed by atoms with Gasteiger partial charge in [-0.05, 0) is 35.9 Å². The van der Waals surface area contributed by atoms with Gasteiger partial charge in [-0.15, -0.1) is 0 Å². The van der Waals surface area contributed by atoms with E-state index in [-0.39, 0.29) is 5.78 Å². The zero-order valence-electron chi connectivity index (χ0n) is 9.01. The number of halogens is 1. The highest BCUT2D eigenvalue weighted by molar-refractivity contribution is 9.10. The molecular weight excluding hydrogens is 278 g/mol. The van der Waals surface area contributed by atoms with E-state index >= 15 is 0 Å². The van der Waals surface area contributed by atoms with Gasteiger partial charge in [0.15, 0.2) is 0 Å². The van der Waals surface area contributed by atoms with Gasteiger partial charge >= 0.3 is 0 Å². The molecule has 2 nitrogen and oxygen atoms in total. The molecule has 1 heterocycles. The van der Waals surface area contributed by atoms with Crippen LogP contribution < -0.4 is 0 Å². The third-order valence-corrected chi connectivity index (χ3v) is 2.74. The van der Waals surface area contributed by atoms with Gasteiger partial charge in [-0.1, -0.05) is 40.2 Å². The summed E-state index contributed by atoms with van der Waals surface area (Å²) < 4.78 is 1.02. The molecule has 2 aromatic rings. The van der Waals surface area contributed by atoms with Crippen LogP contribution in [0.15, 0.2) is 59.2 Å². The fraction of sp³-hybridized carbons (Fsp3) is 0. The zero-order chi connectivity index (χ0) is 12.1. The highest BCUT2D eigenvalue weighted by Crippen LogP contribution is 2.11. The van der Waals surface area contributed by atoms with Crippen molar-refractivity contribution in [2.24, 2.45) is 0 Å². The van der Waals surface area contributed by atoms with E-state index in [9.17, 15) is 4.79 Å². The Bertz CT molecular complexity index is 532. The molecule has 0 aliphatic carbocycles. The molecule has 0 radical (unpaired) electrons. The largest absolute Gasteiger partial charge is 0.288 e. The Morgan fingerprint density at radius 3 is 2.53 bits per heavy atom. The van der Waals surface area contributed by atoms with Gasteiger partial charge in [0.2, 0.25) is 5.78 Å². The summed E-state index contributed by atoms with van der Waals surface area (Å²) >= 11 is 3.36. The van der Waals surface area contributed by atoms with Crippen LogP contribution in [0.2, 0.25) is 0 Å². The van der Waals surface area contributed by atoms with Crippen molar-refractivity contribution in [3.05, 3.63) is 70.5 Å². The molecular formula is C14H10BrNO. The van der Waals surface area contributed by atoms with Crippen LogP contribution in [-0.4, -0.2) is 10.8 Å². The third-order valence-electron chi connectivity index (χ3n) is 2.21. The molecule has 0 saturated heterocycles. The van der Waals surface area contributed by atoms with Gasteiger partial charge in [0, 0.05) is 10.7 Å². The van der Waals surface area contributed by atoms with Crippen LogP contribution >= 0.6 is 15.9 Å². The van der Waals surface area contributed by atoms with Crippen LogP contribution in [0.25, 0.3) is 6.08 Å². The van der Waals surface area contributed by atoms with Crippen molar-refractivity contribution < 1.29 is 4.79 Å². The number of allylic oxidation sites excluding steroid dienone is 1. The summed E-state index contributed by atoms with van der Waals surface area (Å²) in [7, 11) is 0. The van der Waals surface area contributed by atoms with Crippen molar-refractivity contribution in [2.75, 3.05) is 0 Å². The van der Waals surface area contributed by atoms with E-state index < -0.39 is 0 Å². The van der Waals surface area contributed by atoms with E-state index in [1.807, 2.05) is 24.3 Å². The van der Waals surface area contributed by atoms with Crippen molar-refractivity contribution in [3.8, 4) is 0 Å². The summed E-state index contributed by atoms with van der Waals surface area (Å²) in [5, 5.41) is 0. The van der Waals surface area contributed by atoms with Gasteiger partial charge in [0.05, 0.1) is 0 Å². The fourth-order valence-corrected chi connectivity index (χ4v) is 1.60. The number of carbonyl (C=O) groups excluding carboxylic acids is 1. The maximum Gasteiger partial charge on any atom is 0.204 e. The van der Waals surface area contributed by atoms with E-state index in [0.29, 0.717) is 5.69 Å². The molecule has 0 aliphatic rings. The van der Waals surface area contributed by atoms with Crippen molar-refractivity contribution in [3.63, 3.8) is 0 Å². The van der Waals surface area contributed by atoms with E-state index in [1.54, 1.807) is 30.5 Å². The summed E-state index contributed by atoms with van der Waals surface area (Å²) in [5.74, 6) is -0.0893. The first-order valence-electron chi connectivity index (χ1n) is 5.15. The molecule has 0 amide bonds. The van der Waals surface area contributed by atoms with Gasteiger partial charge in [-0.25, -0.2) is 0 Å². The number of hydrogen-bond donors (Lipinski definition) is 0. The second kappa shape index (κ2) is 5.55. The number of ketones is 1. The Kier molecular flexibility index (Phi) is 3.83. The van der Waals surface area contributed by atoms with Crippen molar-refractivity contribution in [1.29, 1.82) is 0 Å². The van der Waals surface area contributed by atoms with Gasteiger partial charge < -0.3 is 0 Å². The first-order chi connectivity index (χ1) is 8.25. The van der Waals surface area contributed by atoms with E-state index in [2.05, 4.69) is 20.9 Å². The fourth-order valence-electron chi connectivity index (χ4n) is 1.34. The summed E-state index contributed by atoms with van der Waals surface area (Å²) in [4.78, 5) is 15.7. The Morgan fingerprint density at radius 1 is 1.12 bits per heavy atom. The second-order valence-electron chi connectivity index (χ2n) is 3.46. The van der Waals surface area contributed by atoms with Gasteiger partial charge in [0.25, 0.3) is 0 Å². The molecule has 0 bridgehead atoms. The van der Waals surface area contributed by atoms with E-state index in [0.717, 1.165) is 10.0 Å². The smallest absolute Gasteiger partial charge is 0.204 e. The molecule has 2 rings (SSSR count). The third kappa shape index (κ3) is 3.36. The quantitative estimate of drug-likeness (QED) is 0.636. The SMILES string of the molecule is O=C(C=Cc1ccc(Br)cc1)c1ccccn1. The number of aromatic nitrogens is 1. The number of carbonyl (C=O) groups is 1. The number of rotatable bonds is 3. The molecule has 0 spiro atoms. The molecule has 0 fully saturated rings. The minimum atomic E-state index is -0.0893. The Balaban J connectivity index is 2.11. The van der Waals surface area contributed by atoms with Crippen LogP contribution in [0.1, 0.15) is 16.1 Å². The molecule has 0 aliphatic heterocycles. The highest BCUT2D eigenvalue weighted by Gasteiger charge is 2.00. The topological polar surface area (TPSA) is 30.0 Å². The van der Waals surface area contributed by atoms with E-state index in [4.69, 9.17) is 0 Å². The Hall–Kier alpha value is -1.74. The van der Waals surface area contributed by atoms with Crippen LogP contribution in [-0.2, 0) is 0 Å². The van der Waals surface area contributed by atoms with Crippen molar-refractivity contribution in [2.45, 2.75) is 0 Å². The van der Waals surface area contributed by atoms with Gasteiger partial charge in [0.1, 0.15) is 5.69 Å². The van der Waals surface area contributed by atoms with Crippen molar-refractivity contribution in [1.82, 2.24) is 4.98 Å². The molecule has 1 aromatic heterocycles. The maximum atomic E-state index is 11.7. The van der Waals surface area contributed by atoms with Crippen LogP contribution in [0.3, 0.4) is 0 Å². The lowest BCUT2D eigenvalue weighted by atomic mass is 10.1.